The number of carboxylic acids is 2. The summed E-state index contributed by atoms with van der Waals surface area (Å²) >= 11 is 0. The van der Waals surface area contributed by atoms with Crippen LogP contribution >= 0.6 is 46.9 Å². The fourth-order valence-electron chi connectivity index (χ4n) is 13.6. The van der Waals surface area contributed by atoms with Gasteiger partial charge >= 0.3 is 70.3 Å². The Hall–Kier alpha value is -12.2. The number of anilines is 2. The van der Waals surface area contributed by atoms with Gasteiger partial charge in [-0.1, -0.05) is 42.6 Å². The van der Waals surface area contributed by atoms with Crippen molar-refractivity contribution in [2.45, 2.75) is 101 Å². The highest BCUT2D eigenvalue weighted by atomic mass is 31.3. The smallest absolute Gasteiger partial charge is 0.490 e. The van der Waals surface area contributed by atoms with Gasteiger partial charge in [0.1, 0.15) is 70.5 Å². The lowest BCUT2D eigenvalue weighted by atomic mass is 9.89. The molecule has 712 valence electrons. The number of unbranched alkanes of at least 4 members (excludes halogenated alkanes) is 4. The quantitative estimate of drug-likeness (QED) is 0.0105. The molecule has 2 aromatic heterocycles. The summed E-state index contributed by atoms with van der Waals surface area (Å²) in [6.07, 6.45) is -3.33. The number of benzene rings is 6. The lowest BCUT2D eigenvalue weighted by molar-refractivity contribution is -0.121. The van der Waals surface area contributed by atoms with Crippen LogP contribution in [0.25, 0.3) is 66.8 Å². The Morgan fingerprint density at radius 3 is 1.28 bits per heavy atom. The number of amides is 4. The number of phosphoric acid groups is 6. The molecule has 2 fully saturated rings. The van der Waals surface area contributed by atoms with E-state index in [1.807, 2.05) is 0 Å². The van der Waals surface area contributed by atoms with Crippen LogP contribution in [0.3, 0.4) is 0 Å². The molecule has 134 heavy (non-hydrogen) atoms. The zero-order chi connectivity index (χ0) is 97.7. The number of nitrogen functional groups attached to an aromatic ring is 2. The number of aromatic nitrogens is 4. The predicted molar refractivity (Wildman–Crippen MR) is 462 cm³/mol. The van der Waals surface area contributed by atoms with E-state index in [-0.39, 0.29) is 165 Å². The highest BCUT2D eigenvalue weighted by molar-refractivity contribution is 7.67. The number of aromatic hydroxyl groups is 2. The molecular formula is C78H80N10O40P6. The zero-order valence-corrected chi connectivity index (χ0v) is 74.2. The van der Waals surface area contributed by atoms with Crippen molar-refractivity contribution in [2.24, 2.45) is 0 Å². The number of carbonyl (C=O) groups is 6. The molecule has 4 amide bonds. The molecule has 2 aliphatic carbocycles. The summed E-state index contributed by atoms with van der Waals surface area (Å²) < 4.78 is 117. The normalized spacial score (nSPS) is 17.8. The Bertz CT molecular complexity index is 6870. The van der Waals surface area contributed by atoms with Crippen LogP contribution in [0.1, 0.15) is 129 Å². The number of aliphatic hydroxyl groups excluding tert-OH is 2. The van der Waals surface area contributed by atoms with Gasteiger partial charge in [0.15, 0.2) is 10.9 Å². The van der Waals surface area contributed by atoms with E-state index in [4.69, 9.17) is 49.3 Å². The molecule has 10 unspecified atom stereocenters. The number of phenolic OH excluding ortho intramolecular Hbond substituents is 2. The van der Waals surface area contributed by atoms with Crippen molar-refractivity contribution >= 4 is 116 Å². The maximum Gasteiger partial charge on any atom is 0.490 e. The van der Waals surface area contributed by atoms with E-state index in [1.165, 1.54) is 97.1 Å². The third kappa shape index (κ3) is 28.0. The molecule has 12 rings (SSSR count). The van der Waals surface area contributed by atoms with Crippen molar-refractivity contribution in [3.8, 4) is 80.1 Å². The average molecular weight is 1980 g/mol. The standard InChI is InChI=1S/2C39H40N5O20P3/c40-36-22(19-44(39(52)43-36)34-18-29(47)32(62-34)20-60-66(56,57)64-67(58,59)63-65(53,54)55)5-4-14-41-33(48)6-2-1-3-13-42-37(49)21-7-10-25(38(50)51)28(15-21)35-26-11-8-23(45)16-30(26)61-31-17-24(46)9-12-27(31)35;40-36-22(19-44(39(52)43-36)34-18-29(47)32(62-34)20-60-66(56,57)64-67(58,59)63-65(53,54)55)5-4-14-41-33(48)6-2-1-3-13-42-37(49)21-7-10-25(28(15-21)38(50)51)35-26-11-8-23(45)16-30(26)61-31-17-24(46)9-12-27(31)35/h2*7-12,15-17,19,29,32,34,45,47H,1-3,6,13-14,18,20H2,(H,41,48)(H,42,49)(H,50,51)(H,56,57)(H,58,59)(H2,40,43,52)(H2,53,54,55). The monoisotopic (exact) mass is 1980 g/mol. The second-order valence-corrected chi connectivity index (χ2v) is 38.0. The fraction of sp³-hybridized carbons (Fsp3) is 0.282. The number of rotatable bonds is 36. The number of phenols is 2. The van der Waals surface area contributed by atoms with E-state index in [2.05, 4.69) is 81.2 Å². The molecule has 56 heteroatoms. The van der Waals surface area contributed by atoms with Crippen LogP contribution in [-0.2, 0) is 72.7 Å². The van der Waals surface area contributed by atoms with E-state index in [0.29, 0.717) is 71.6 Å². The fourth-order valence-corrected chi connectivity index (χ4v) is 19.6. The van der Waals surface area contributed by atoms with Crippen LogP contribution in [-0.4, -0.2) is 188 Å². The SMILES string of the molecule is Nc1nc(=O)n(C2CC(O)C(COP(=O)(O)OP(=O)(O)OP(=O)(O)O)O2)cc1C#CCNC(=O)CCCCCNC(=O)c1ccc(-c2c3ccc(=O)cc-3oc3cc(O)ccc23)c(C(=O)O)c1.Nc1nc(=O)n(C2CC(O)C(COP(=O)(O)OP(=O)(O)OP(=O)(O)O)O2)cc1C#CCNC(=O)CCCCCNC(=O)c1ccc(C(=O)O)c(-c2c3ccc(=O)cc-3oc3cc(O)ccc23)c1. The number of phosphoric ester groups is 2. The van der Waals surface area contributed by atoms with Crippen LogP contribution in [0, 0.1) is 23.7 Å². The van der Waals surface area contributed by atoms with Gasteiger partial charge in [0.2, 0.25) is 11.8 Å². The van der Waals surface area contributed by atoms with Crippen molar-refractivity contribution in [3.63, 3.8) is 0 Å². The first-order chi connectivity index (χ1) is 63.0. The summed E-state index contributed by atoms with van der Waals surface area (Å²) in [4.78, 5) is 206. The molecule has 4 aliphatic heterocycles. The summed E-state index contributed by atoms with van der Waals surface area (Å²) in [5.74, 6) is 5.96. The molecule has 6 aromatic rings. The Labute approximate surface area is 752 Å². The average Bonchev–Trinajstić information content (AvgIpc) is 1.09. The van der Waals surface area contributed by atoms with Gasteiger partial charge in [-0.15, -0.1) is 0 Å². The van der Waals surface area contributed by atoms with Crippen molar-refractivity contribution in [3.05, 3.63) is 196 Å². The van der Waals surface area contributed by atoms with Crippen LogP contribution < -0.4 is 55.0 Å². The van der Waals surface area contributed by atoms with Crippen molar-refractivity contribution in [1.29, 1.82) is 0 Å². The van der Waals surface area contributed by atoms with E-state index in [9.17, 15) is 126 Å². The first-order valence-electron chi connectivity index (χ1n) is 39.2. The first kappa shape index (κ1) is 102. The number of nitrogens with zero attached hydrogens (tertiary/aromatic N) is 4. The van der Waals surface area contributed by atoms with Gasteiger partial charge in [-0.2, -0.15) is 27.2 Å². The van der Waals surface area contributed by atoms with Crippen LogP contribution in [0.5, 0.6) is 11.5 Å². The second-order valence-electron chi connectivity index (χ2n) is 29.1. The molecule has 0 bridgehead atoms. The van der Waals surface area contributed by atoms with E-state index in [0.717, 1.165) is 21.5 Å². The molecule has 0 radical (unpaired) electrons. The van der Waals surface area contributed by atoms with Crippen LogP contribution in [0.2, 0.25) is 0 Å². The van der Waals surface area contributed by atoms with Gasteiger partial charge in [0.25, 0.3) is 11.8 Å². The number of carboxylic acid groups (broad SMARTS) is 2. The lowest BCUT2D eigenvalue weighted by Crippen LogP contribution is -2.29. The van der Waals surface area contributed by atoms with Gasteiger partial charge in [0, 0.05) is 120 Å². The topological polar surface area (TPSA) is 792 Å². The minimum atomic E-state index is -5.79. The Morgan fingerprint density at radius 2 is 0.866 bits per heavy atom. The number of ether oxygens (including phenoxy) is 2. The molecule has 10 atom stereocenters. The number of fused-ring (bicyclic) bond motifs is 4. The number of nitrogens with two attached hydrogens (primary N) is 2. The van der Waals surface area contributed by atoms with E-state index >= 15 is 0 Å². The maximum atomic E-state index is 13.3. The first-order valence-corrected chi connectivity index (χ1v) is 48.3. The summed E-state index contributed by atoms with van der Waals surface area (Å²) in [5, 5.41) is 72.9. The highest BCUT2D eigenvalue weighted by Gasteiger charge is 2.46. The lowest BCUT2D eigenvalue weighted by Gasteiger charge is -2.19. The molecule has 4 aromatic carbocycles. The second kappa shape index (κ2) is 43.4. The Balaban J connectivity index is 0.000000258. The number of hydrogen-bond acceptors (Lipinski definition) is 34. The highest BCUT2D eigenvalue weighted by Crippen LogP contribution is 2.68. The Morgan fingerprint density at radius 1 is 0.463 bits per heavy atom. The minimum absolute atomic E-state index is 0.0253. The maximum absolute atomic E-state index is 13.3. The molecule has 2 saturated heterocycles. The summed E-state index contributed by atoms with van der Waals surface area (Å²) in [7, 11) is -33.9. The minimum Gasteiger partial charge on any atom is -0.508 e. The molecule has 0 saturated carbocycles. The number of aliphatic hydroxyl groups is 2. The van der Waals surface area contributed by atoms with Crippen molar-refractivity contribution < 1.29 is 171 Å². The van der Waals surface area contributed by atoms with Gasteiger partial charge in [-0.25, -0.2) is 46.6 Å². The molecule has 0 spiro atoms. The van der Waals surface area contributed by atoms with Crippen molar-refractivity contribution in [1.82, 2.24) is 40.4 Å². The number of nitrogens with one attached hydrogen (secondary N) is 4. The predicted octanol–water partition coefficient (Wildman–Crippen LogP) is 5.11. The molecule has 50 nitrogen and oxygen atoms in total. The number of carbonyl (C=O) groups excluding carboxylic acids is 4. The van der Waals surface area contributed by atoms with E-state index < -0.39 is 132 Å². The third-order valence-corrected chi connectivity index (χ3v) is 27.1. The molecule has 22 N–H and O–H groups in total. The molecule has 6 aliphatic rings. The zero-order valence-electron chi connectivity index (χ0n) is 68.8. The summed E-state index contributed by atoms with van der Waals surface area (Å²) in [5.41, 5.74) is 11.7. The van der Waals surface area contributed by atoms with Gasteiger partial charge < -0.3 is 121 Å². The van der Waals surface area contributed by atoms with Gasteiger partial charge in [-0.05, 0) is 116 Å². The van der Waals surface area contributed by atoms with Gasteiger partial charge in [-0.3, -0.25) is 46.9 Å². The largest absolute Gasteiger partial charge is 0.508 e. The van der Waals surface area contributed by atoms with Crippen LogP contribution in [0.15, 0.2) is 150 Å². The Kier molecular flexibility index (Phi) is 33.2. The van der Waals surface area contributed by atoms with Crippen molar-refractivity contribution in [2.75, 3.05) is 50.9 Å². The summed E-state index contributed by atoms with van der Waals surface area (Å²) in [6, 6.07) is 25.1. The number of aromatic carboxylic acids is 2. The van der Waals surface area contributed by atoms with Crippen LogP contribution in [0.4, 0.5) is 11.6 Å². The molecular weight excluding hydrogens is 1900 g/mol. The third-order valence-electron chi connectivity index (χ3n) is 19.5. The molecule has 6 heterocycles. The van der Waals surface area contributed by atoms with Gasteiger partial charge in [0.05, 0.1) is 60.8 Å². The number of hydrogen-bond donors (Lipinski definition) is 20. The summed E-state index contributed by atoms with van der Waals surface area (Å²) in [6.45, 7) is -1.77. The van der Waals surface area contributed by atoms with E-state index in [1.54, 1.807) is 12.1 Å².